The lowest BCUT2D eigenvalue weighted by Crippen LogP contribution is -2.49. The number of hydrogen-bond donors (Lipinski definition) is 1. The number of hydrogen-bond acceptors (Lipinski definition) is 1. The third-order valence-corrected chi connectivity index (χ3v) is 5.93. The normalized spacial score (nSPS) is 49.3. The van der Waals surface area contributed by atoms with Crippen molar-refractivity contribution in [1.82, 2.24) is 0 Å². The van der Waals surface area contributed by atoms with E-state index in [2.05, 4.69) is 13.8 Å². The summed E-state index contributed by atoms with van der Waals surface area (Å²) in [5.41, 5.74) is 6.49. The van der Waals surface area contributed by atoms with Crippen LogP contribution < -0.4 is 5.73 Å². The first-order chi connectivity index (χ1) is 7.57. The van der Waals surface area contributed by atoms with Crippen LogP contribution in [0.5, 0.6) is 0 Å². The molecule has 1 unspecified atom stereocenters. The molecule has 4 aliphatic rings. The zero-order chi connectivity index (χ0) is 11.3. The van der Waals surface area contributed by atoms with Crippen molar-refractivity contribution in [1.29, 1.82) is 0 Å². The second kappa shape index (κ2) is 3.73. The van der Waals surface area contributed by atoms with Gasteiger partial charge in [-0.1, -0.05) is 6.92 Å². The molecule has 4 saturated carbocycles. The molecular formula is C15H27N. The van der Waals surface area contributed by atoms with Crippen molar-refractivity contribution >= 4 is 0 Å². The van der Waals surface area contributed by atoms with E-state index in [1.54, 1.807) is 6.42 Å². The second-order valence-electron chi connectivity index (χ2n) is 7.31. The summed E-state index contributed by atoms with van der Waals surface area (Å²) in [5.74, 6) is 5.27. The molecule has 0 spiro atoms. The van der Waals surface area contributed by atoms with Crippen LogP contribution >= 0.6 is 0 Å². The standard InChI is InChI=1S/C15H27N/c1-3-15(2,16)9-14-12-5-10-4-11(7-12)8-13(14)6-10/h10-14H,3-9,16H2,1-2H3. The van der Waals surface area contributed by atoms with Crippen molar-refractivity contribution in [2.45, 2.75) is 64.3 Å². The van der Waals surface area contributed by atoms with Crippen LogP contribution in [0.3, 0.4) is 0 Å². The van der Waals surface area contributed by atoms with Gasteiger partial charge < -0.3 is 5.73 Å². The minimum Gasteiger partial charge on any atom is -0.325 e. The molecule has 4 aliphatic carbocycles. The number of rotatable bonds is 3. The highest BCUT2D eigenvalue weighted by molar-refractivity contribution is 5.00. The first-order valence-electron chi connectivity index (χ1n) is 7.36. The molecule has 1 nitrogen and oxygen atoms in total. The van der Waals surface area contributed by atoms with Gasteiger partial charge >= 0.3 is 0 Å². The summed E-state index contributed by atoms with van der Waals surface area (Å²) >= 11 is 0. The zero-order valence-corrected chi connectivity index (χ0v) is 10.9. The van der Waals surface area contributed by atoms with Gasteiger partial charge in [0.2, 0.25) is 0 Å². The summed E-state index contributed by atoms with van der Waals surface area (Å²) in [6.07, 6.45) is 10.1. The Balaban J connectivity index is 1.72. The summed E-state index contributed by atoms with van der Waals surface area (Å²) in [5, 5.41) is 0. The van der Waals surface area contributed by atoms with Crippen LogP contribution in [-0.4, -0.2) is 5.54 Å². The van der Waals surface area contributed by atoms with Crippen LogP contribution in [0.25, 0.3) is 0 Å². The average Bonchev–Trinajstić information content (AvgIpc) is 2.22. The summed E-state index contributed by atoms with van der Waals surface area (Å²) in [7, 11) is 0. The van der Waals surface area contributed by atoms with E-state index in [4.69, 9.17) is 5.73 Å². The largest absolute Gasteiger partial charge is 0.325 e. The van der Waals surface area contributed by atoms with Crippen LogP contribution in [0.15, 0.2) is 0 Å². The predicted octanol–water partition coefficient (Wildman–Crippen LogP) is 3.58. The fourth-order valence-electron chi connectivity index (χ4n) is 5.05. The Hall–Kier alpha value is -0.0400. The van der Waals surface area contributed by atoms with Crippen molar-refractivity contribution in [3.63, 3.8) is 0 Å². The molecule has 0 heterocycles. The highest BCUT2D eigenvalue weighted by Crippen LogP contribution is 2.58. The zero-order valence-electron chi connectivity index (χ0n) is 10.9. The predicted molar refractivity (Wildman–Crippen MR) is 68.0 cm³/mol. The lowest BCUT2D eigenvalue weighted by Gasteiger charge is -2.55. The van der Waals surface area contributed by atoms with Gasteiger partial charge in [0.25, 0.3) is 0 Å². The van der Waals surface area contributed by atoms with Crippen LogP contribution in [0.1, 0.15) is 58.8 Å². The highest BCUT2D eigenvalue weighted by atomic mass is 14.7. The molecule has 0 aromatic rings. The molecule has 0 aliphatic heterocycles. The summed E-state index contributed by atoms with van der Waals surface area (Å²) in [4.78, 5) is 0. The van der Waals surface area contributed by atoms with E-state index in [9.17, 15) is 0 Å². The molecule has 2 N–H and O–H groups in total. The molecule has 16 heavy (non-hydrogen) atoms. The van der Waals surface area contributed by atoms with E-state index in [-0.39, 0.29) is 5.54 Å². The summed E-state index contributed by atoms with van der Waals surface area (Å²) < 4.78 is 0. The maximum absolute atomic E-state index is 6.40. The molecule has 1 atom stereocenters. The fourth-order valence-corrected chi connectivity index (χ4v) is 5.05. The van der Waals surface area contributed by atoms with Gasteiger partial charge in [0, 0.05) is 5.54 Å². The Morgan fingerprint density at radius 3 is 1.94 bits per heavy atom. The van der Waals surface area contributed by atoms with Gasteiger partial charge in [0.05, 0.1) is 0 Å². The van der Waals surface area contributed by atoms with Gasteiger partial charge in [0.15, 0.2) is 0 Å². The fraction of sp³-hybridized carbons (Fsp3) is 1.00. The van der Waals surface area contributed by atoms with E-state index in [1.807, 2.05) is 0 Å². The van der Waals surface area contributed by atoms with Crippen molar-refractivity contribution in [3.8, 4) is 0 Å². The smallest absolute Gasteiger partial charge is 0.0126 e. The quantitative estimate of drug-likeness (QED) is 0.774. The minimum atomic E-state index is 0.0973. The van der Waals surface area contributed by atoms with E-state index in [1.165, 1.54) is 32.1 Å². The minimum absolute atomic E-state index is 0.0973. The third-order valence-electron chi connectivity index (χ3n) is 5.93. The Morgan fingerprint density at radius 2 is 1.50 bits per heavy atom. The van der Waals surface area contributed by atoms with Gasteiger partial charge in [-0.3, -0.25) is 0 Å². The molecule has 0 amide bonds. The van der Waals surface area contributed by atoms with E-state index in [0.717, 1.165) is 36.0 Å². The van der Waals surface area contributed by atoms with Crippen LogP contribution in [0.4, 0.5) is 0 Å². The topological polar surface area (TPSA) is 26.0 Å². The monoisotopic (exact) mass is 221 g/mol. The lowest BCUT2D eigenvalue weighted by molar-refractivity contribution is -0.0471. The molecular weight excluding hydrogens is 194 g/mol. The maximum atomic E-state index is 6.40. The molecule has 4 fully saturated rings. The van der Waals surface area contributed by atoms with Gasteiger partial charge in [-0.05, 0) is 81.5 Å². The first kappa shape index (κ1) is 11.1. The number of nitrogens with two attached hydrogens (primary N) is 1. The average molecular weight is 221 g/mol. The van der Waals surface area contributed by atoms with Gasteiger partial charge in [-0.2, -0.15) is 0 Å². The molecule has 0 radical (unpaired) electrons. The third kappa shape index (κ3) is 1.81. The second-order valence-corrected chi connectivity index (χ2v) is 7.31. The van der Waals surface area contributed by atoms with Crippen LogP contribution in [0.2, 0.25) is 0 Å². The van der Waals surface area contributed by atoms with E-state index >= 15 is 0 Å². The van der Waals surface area contributed by atoms with Crippen LogP contribution in [0, 0.1) is 29.6 Å². The van der Waals surface area contributed by atoms with Crippen molar-refractivity contribution in [2.75, 3.05) is 0 Å². The molecule has 92 valence electrons. The van der Waals surface area contributed by atoms with Crippen molar-refractivity contribution in [2.24, 2.45) is 35.3 Å². The Morgan fingerprint density at radius 1 is 1.00 bits per heavy atom. The molecule has 0 aromatic heterocycles. The molecule has 4 bridgehead atoms. The van der Waals surface area contributed by atoms with Crippen molar-refractivity contribution in [3.05, 3.63) is 0 Å². The summed E-state index contributed by atoms with van der Waals surface area (Å²) in [6.45, 7) is 4.51. The summed E-state index contributed by atoms with van der Waals surface area (Å²) in [6, 6.07) is 0. The Kier molecular flexibility index (Phi) is 2.58. The molecule has 4 rings (SSSR count). The highest BCUT2D eigenvalue weighted by Gasteiger charge is 2.48. The van der Waals surface area contributed by atoms with Gasteiger partial charge in [-0.15, -0.1) is 0 Å². The first-order valence-corrected chi connectivity index (χ1v) is 7.36. The van der Waals surface area contributed by atoms with E-state index in [0.29, 0.717) is 0 Å². The maximum Gasteiger partial charge on any atom is 0.0126 e. The molecule has 0 saturated heterocycles. The Bertz CT molecular complexity index is 241. The molecule has 1 heteroatoms. The van der Waals surface area contributed by atoms with Gasteiger partial charge in [0.1, 0.15) is 0 Å². The lowest BCUT2D eigenvalue weighted by atomic mass is 9.50. The van der Waals surface area contributed by atoms with E-state index < -0.39 is 0 Å². The van der Waals surface area contributed by atoms with Crippen molar-refractivity contribution < 1.29 is 0 Å². The Labute approximate surface area is 100 Å². The molecule has 0 aromatic carbocycles. The van der Waals surface area contributed by atoms with Crippen LogP contribution in [-0.2, 0) is 0 Å². The van der Waals surface area contributed by atoms with Gasteiger partial charge in [-0.25, -0.2) is 0 Å². The SMILES string of the molecule is CCC(C)(N)CC1C2CC3CC(C2)CC1C3.